The largest absolute Gasteiger partial charge is 0.339 e. The smallest absolute Gasteiger partial charge is 0.262 e. The molecule has 0 unspecified atom stereocenters. The lowest BCUT2D eigenvalue weighted by atomic mass is 10.2. The second-order valence-electron chi connectivity index (χ2n) is 8.26. The predicted molar refractivity (Wildman–Crippen MR) is 152 cm³/mol. The maximum Gasteiger partial charge on any atom is 0.262 e. The zero-order chi connectivity index (χ0) is 26.6. The Bertz CT molecular complexity index is 1730. The summed E-state index contributed by atoms with van der Waals surface area (Å²) >= 11 is 3.40. The van der Waals surface area contributed by atoms with E-state index in [0.717, 1.165) is 45.2 Å². The summed E-state index contributed by atoms with van der Waals surface area (Å²) in [6.45, 7) is 17.1. The number of nitrogens with zero attached hydrogens (tertiary/aromatic N) is 7. The minimum atomic E-state index is 0.0294. The van der Waals surface area contributed by atoms with Crippen molar-refractivity contribution in [1.82, 2.24) is 14.5 Å². The van der Waals surface area contributed by atoms with Crippen LogP contribution in [0.15, 0.2) is 60.2 Å². The number of nitriles is 2. The Hall–Kier alpha value is -5.06. The van der Waals surface area contributed by atoms with Crippen LogP contribution in [0, 0.1) is 35.8 Å². The number of aryl methyl sites for hydroxylation is 1. The van der Waals surface area contributed by atoms with E-state index in [1.54, 1.807) is 35.1 Å². The number of aromatic nitrogens is 3. The molecule has 0 N–H and O–H groups in total. The Morgan fingerprint density at radius 3 is 1.68 bits per heavy atom. The van der Waals surface area contributed by atoms with Crippen molar-refractivity contribution < 1.29 is 0 Å². The van der Waals surface area contributed by atoms with Crippen LogP contribution in [0.4, 0.5) is 0 Å². The van der Waals surface area contributed by atoms with E-state index in [-0.39, 0.29) is 11.4 Å². The second kappa shape index (κ2) is 10.5. The summed E-state index contributed by atoms with van der Waals surface area (Å²) in [6, 6.07) is 15.7. The highest BCUT2D eigenvalue weighted by molar-refractivity contribution is 7.30. The number of fused-ring (bicyclic) bond motifs is 3. The van der Waals surface area contributed by atoms with Gasteiger partial charge >= 0.3 is 0 Å². The van der Waals surface area contributed by atoms with Gasteiger partial charge in [-0.2, -0.15) is 0 Å². The van der Waals surface area contributed by atoms with Gasteiger partial charge in [0, 0.05) is 18.9 Å². The summed E-state index contributed by atoms with van der Waals surface area (Å²) in [6.07, 6.45) is 7.43. The molecule has 0 aliphatic rings. The summed E-state index contributed by atoms with van der Waals surface area (Å²) in [7, 11) is 0. The first-order chi connectivity index (χ1) is 18.6. The van der Waals surface area contributed by atoms with Crippen LogP contribution in [0.2, 0.25) is 0 Å². The fraction of sp³-hybridized carbons (Fsp3) is 0.103. The molecule has 5 aromatic rings. The van der Waals surface area contributed by atoms with Crippen LogP contribution in [-0.2, 0) is 6.54 Å². The molecular weight excluding hydrogens is 511 g/mol. The van der Waals surface area contributed by atoms with Crippen molar-refractivity contribution in [3.05, 3.63) is 94.1 Å². The fourth-order valence-corrected chi connectivity index (χ4v) is 6.53. The van der Waals surface area contributed by atoms with Crippen LogP contribution in [0.25, 0.3) is 63.4 Å². The zero-order valence-electron chi connectivity index (χ0n) is 20.1. The van der Waals surface area contributed by atoms with E-state index in [2.05, 4.69) is 43.3 Å². The van der Waals surface area contributed by atoms with Gasteiger partial charge in [-0.3, -0.25) is 9.97 Å². The number of rotatable bonds is 6. The van der Waals surface area contributed by atoms with E-state index in [1.807, 2.05) is 36.4 Å². The van der Waals surface area contributed by atoms with E-state index in [1.165, 1.54) is 32.6 Å². The summed E-state index contributed by atoms with van der Waals surface area (Å²) in [5, 5.41) is 18.0. The van der Waals surface area contributed by atoms with Gasteiger partial charge in [-0.05, 0) is 54.0 Å². The van der Waals surface area contributed by atoms with Gasteiger partial charge in [-0.25, -0.2) is 20.2 Å². The van der Waals surface area contributed by atoms with Crippen LogP contribution in [0.3, 0.4) is 0 Å². The van der Waals surface area contributed by atoms with Gasteiger partial charge in [0.05, 0.1) is 66.9 Å². The number of pyridine rings is 2. The van der Waals surface area contributed by atoms with Gasteiger partial charge in [0.1, 0.15) is 0 Å². The van der Waals surface area contributed by atoms with Crippen molar-refractivity contribution in [2.24, 2.45) is 0 Å². The van der Waals surface area contributed by atoms with Gasteiger partial charge in [0.2, 0.25) is 0 Å². The molecule has 38 heavy (non-hydrogen) atoms. The quantitative estimate of drug-likeness (QED) is 0.165. The average molecular weight is 528 g/mol. The maximum absolute atomic E-state index is 8.99. The number of allylic oxidation sites excluding steroid dienone is 2. The van der Waals surface area contributed by atoms with Crippen LogP contribution >= 0.6 is 22.7 Å². The molecule has 7 nitrogen and oxygen atoms in total. The van der Waals surface area contributed by atoms with Crippen molar-refractivity contribution in [3.63, 3.8) is 0 Å². The first-order valence-electron chi connectivity index (χ1n) is 11.6. The third-order valence-electron chi connectivity index (χ3n) is 5.81. The average Bonchev–Trinajstić information content (AvgIpc) is 3.64. The summed E-state index contributed by atoms with van der Waals surface area (Å²) in [5.41, 5.74) is 5.55. The van der Waals surface area contributed by atoms with Gasteiger partial charge in [-0.15, -0.1) is 22.7 Å². The second-order valence-corrected chi connectivity index (χ2v) is 10.4. The lowest BCUT2D eigenvalue weighted by Gasteiger charge is -2.03. The molecule has 5 aromatic heterocycles. The lowest BCUT2D eigenvalue weighted by molar-refractivity contribution is 0.724. The number of hydrogen-bond acceptors (Lipinski definition) is 6. The summed E-state index contributed by atoms with van der Waals surface area (Å²) < 4.78 is 4.77. The SMILES string of the molecule is [C-]#[N+]/C(C#N)=C\c1ccc(-c2cc3c(s2)c2sc(-c4ccc(/C=C(\C#N)[N+]#[C-])cn4)cc2n3CCC)nc1. The molecule has 0 aromatic carbocycles. The van der Waals surface area contributed by atoms with Crippen LogP contribution in [-0.4, -0.2) is 14.5 Å². The zero-order valence-corrected chi connectivity index (χ0v) is 21.8. The molecular formula is C29H17N7S2. The number of thiophene rings is 2. The van der Waals surface area contributed by atoms with Crippen molar-refractivity contribution in [2.45, 2.75) is 19.9 Å². The van der Waals surface area contributed by atoms with E-state index < -0.39 is 0 Å². The minimum Gasteiger partial charge on any atom is -0.339 e. The lowest BCUT2D eigenvalue weighted by Crippen LogP contribution is -1.94. The van der Waals surface area contributed by atoms with Crippen molar-refractivity contribution in [3.8, 4) is 33.3 Å². The first-order valence-corrected chi connectivity index (χ1v) is 13.2. The van der Waals surface area contributed by atoms with Gasteiger partial charge < -0.3 is 4.57 Å². The standard InChI is InChI=1S/C29H17N7S2/c1-4-9-36-24-12-26(22-7-5-18(16-34-22)10-20(14-30)32-2)37-28(24)29-25(36)13-27(38-29)23-8-6-19(17-35-23)11-21(15-31)33-3/h5-8,10-13,16-17H,4,9H2,1H3/b20-10-,21-11+. The highest BCUT2D eigenvalue weighted by Gasteiger charge is 2.19. The molecule has 0 amide bonds. The Labute approximate surface area is 227 Å². The Balaban J connectivity index is 1.53. The summed E-state index contributed by atoms with van der Waals surface area (Å²) in [5.74, 6) is 0. The molecule has 0 aliphatic carbocycles. The molecule has 0 spiro atoms. The monoisotopic (exact) mass is 527 g/mol. The predicted octanol–water partition coefficient (Wildman–Crippen LogP) is 8.02. The van der Waals surface area contributed by atoms with Crippen molar-refractivity contribution >= 4 is 55.3 Å². The van der Waals surface area contributed by atoms with E-state index in [9.17, 15) is 0 Å². The molecule has 0 bridgehead atoms. The Kier molecular flexibility index (Phi) is 6.81. The topological polar surface area (TPSA) is 87.0 Å². The molecule has 0 saturated heterocycles. The van der Waals surface area contributed by atoms with E-state index >= 15 is 0 Å². The molecule has 0 aliphatic heterocycles. The molecule has 5 heterocycles. The van der Waals surface area contributed by atoms with Crippen LogP contribution in [0.1, 0.15) is 24.5 Å². The Morgan fingerprint density at radius 1 is 0.868 bits per heavy atom. The van der Waals surface area contributed by atoms with E-state index in [0.29, 0.717) is 0 Å². The first kappa shape index (κ1) is 24.6. The highest BCUT2D eigenvalue weighted by Crippen LogP contribution is 2.44. The number of hydrogen-bond donors (Lipinski definition) is 0. The van der Waals surface area contributed by atoms with Gasteiger partial charge in [-0.1, -0.05) is 19.1 Å². The van der Waals surface area contributed by atoms with Crippen LogP contribution in [0.5, 0.6) is 0 Å². The van der Waals surface area contributed by atoms with Crippen LogP contribution < -0.4 is 0 Å². The fourth-order valence-electron chi connectivity index (χ4n) is 4.10. The molecule has 5 rings (SSSR count). The molecule has 180 valence electrons. The third kappa shape index (κ3) is 4.57. The van der Waals surface area contributed by atoms with Crippen molar-refractivity contribution in [1.29, 1.82) is 10.5 Å². The third-order valence-corrected chi connectivity index (χ3v) is 8.27. The summed E-state index contributed by atoms with van der Waals surface area (Å²) in [4.78, 5) is 17.7. The minimum absolute atomic E-state index is 0.0294. The molecule has 0 atom stereocenters. The molecule has 9 heteroatoms. The molecule has 0 radical (unpaired) electrons. The van der Waals surface area contributed by atoms with Gasteiger partial charge in [0.25, 0.3) is 11.4 Å². The maximum atomic E-state index is 8.99. The Morgan fingerprint density at radius 2 is 1.34 bits per heavy atom. The highest BCUT2D eigenvalue weighted by atomic mass is 32.1. The molecule has 0 fully saturated rings. The van der Waals surface area contributed by atoms with E-state index in [4.69, 9.17) is 23.7 Å². The van der Waals surface area contributed by atoms with Gasteiger partial charge in [0.15, 0.2) is 0 Å². The van der Waals surface area contributed by atoms with Crippen molar-refractivity contribution in [2.75, 3.05) is 0 Å². The normalized spacial score (nSPS) is 11.7. The molecule has 0 saturated carbocycles.